The second-order valence-electron chi connectivity index (χ2n) is 3.78. The van der Waals surface area contributed by atoms with Crippen LogP contribution in [0.3, 0.4) is 0 Å². The first-order valence-electron chi connectivity index (χ1n) is 7.19. The Morgan fingerprint density at radius 2 is 0.846 bits per heavy atom. The molecule has 0 aromatic carbocycles. The SMILES string of the molecule is CCCC(=O)[O-].CCCC(=O)[O-].NCCN.NCCN.[Co+3].[O-][Cl+3]([O-])([O-])[O-]. The minimum atomic E-state index is -4.94. The van der Waals surface area contributed by atoms with Crippen molar-refractivity contribution >= 4 is 11.9 Å². The Bertz CT molecular complexity index is 244. The molecule has 14 heteroatoms. The van der Waals surface area contributed by atoms with Crippen molar-refractivity contribution in [2.75, 3.05) is 26.2 Å². The van der Waals surface area contributed by atoms with Crippen LogP contribution in [-0.4, -0.2) is 38.1 Å². The van der Waals surface area contributed by atoms with Gasteiger partial charge in [0.2, 0.25) is 0 Å². The Morgan fingerprint density at radius 1 is 0.692 bits per heavy atom. The summed E-state index contributed by atoms with van der Waals surface area (Å²) in [4.78, 5) is 19.0. The molecule has 0 aromatic rings. The van der Waals surface area contributed by atoms with Crippen LogP contribution in [0.15, 0.2) is 0 Å². The second kappa shape index (κ2) is 35.5. The number of carboxylic acids is 2. The van der Waals surface area contributed by atoms with E-state index in [0.29, 0.717) is 39.0 Å². The van der Waals surface area contributed by atoms with Crippen LogP contribution >= 0.6 is 0 Å². The molecule has 0 aliphatic rings. The summed E-state index contributed by atoms with van der Waals surface area (Å²) in [6.07, 6.45) is 1.70. The van der Waals surface area contributed by atoms with E-state index >= 15 is 0 Å². The number of hydrogen-bond donors (Lipinski definition) is 4. The molecule has 162 valence electrons. The monoisotopic (exact) mass is 452 g/mol. The van der Waals surface area contributed by atoms with Gasteiger partial charge in [-0.15, -0.1) is 10.2 Å². The molecule has 0 spiro atoms. The summed E-state index contributed by atoms with van der Waals surface area (Å²) in [6.45, 7) is 5.99. The van der Waals surface area contributed by atoms with Crippen molar-refractivity contribution in [2.24, 2.45) is 22.9 Å². The molecule has 12 nitrogen and oxygen atoms in total. The van der Waals surface area contributed by atoms with Gasteiger partial charge in [-0.3, -0.25) is 0 Å². The molecule has 0 bridgehead atoms. The van der Waals surface area contributed by atoms with Crippen LogP contribution in [0.2, 0.25) is 0 Å². The standard InChI is InChI=1S/2C4H8O2.2C2H8N2.ClHO4.Co/c2*1-2-3-4(5)6;2*3-1-2-4;2-1(3,4)5;/h2*2-3H2,1H3,(H,5,6);2*1-4H2;(H,2,3,4,5);/q;;;;;+3/p-3. The van der Waals surface area contributed by atoms with Crippen LogP contribution in [0.4, 0.5) is 0 Å². The van der Waals surface area contributed by atoms with Crippen LogP contribution in [0.5, 0.6) is 0 Å². The summed E-state index contributed by atoms with van der Waals surface area (Å²) in [5.41, 5.74) is 19.6. The summed E-state index contributed by atoms with van der Waals surface area (Å²) < 4.78 is 34.0. The Labute approximate surface area is 166 Å². The van der Waals surface area contributed by atoms with Crippen molar-refractivity contribution in [3.8, 4) is 0 Å². The van der Waals surface area contributed by atoms with Crippen LogP contribution in [0.25, 0.3) is 0 Å². The molecule has 0 atom stereocenters. The fraction of sp³-hybridized carbons (Fsp3) is 0.833. The van der Waals surface area contributed by atoms with Crippen molar-refractivity contribution in [3.05, 3.63) is 0 Å². The first kappa shape index (κ1) is 40.2. The average Bonchev–Trinajstić information content (AvgIpc) is 2.46. The molecule has 0 rings (SSSR count). The topological polar surface area (TPSA) is 277 Å². The van der Waals surface area contributed by atoms with Crippen LogP contribution in [0.1, 0.15) is 39.5 Å². The Hall–Kier alpha value is -0.584. The number of aliphatic carboxylic acids is 2. The predicted octanol–water partition coefficient (Wildman–Crippen LogP) is -7.88. The molecule has 0 heterocycles. The Balaban J connectivity index is -0.0000000482. The van der Waals surface area contributed by atoms with Crippen LogP contribution in [0, 0.1) is 10.2 Å². The summed E-state index contributed by atoms with van der Waals surface area (Å²) in [7, 11) is -4.94. The third-order valence-electron chi connectivity index (χ3n) is 1.24. The summed E-state index contributed by atoms with van der Waals surface area (Å²) in [6, 6.07) is 0. The molecule has 0 amide bonds. The molecular formula is C12H30ClCoN4O8. The Kier molecular flexibility index (Phi) is 54.9. The molecule has 0 aliphatic carbocycles. The number of carbonyl (C=O) groups is 2. The van der Waals surface area contributed by atoms with Crippen molar-refractivity contribution in [3.63, 3.8) is 0 Å². The summed E-state index contributed by atoms with van der Waals surface area (Å²) in [5, 5.41) is 19.0. The van der Waals surface area contributed by atoms with Gasteiger partial charge in [0.15, 0.2) is 0 Å². The van der Waals surface area contributed by atoms with Gasteiger partial charge in [0, 0.05) is 38.1 Å². The Morgan fingerprint density at radius 3 is 0.846 bits per heavy atom. The van der Waals surface area contributed by atoms with Gasteiger partial charge in [-0.1, -0.05) is 26.7 Å². The van der Waals surface area contributed by atoms with Gasteiger partial charge in [-0.2, -0.15) is 0 Å². The molecular weight excluding hydrogens is 423 g/mol. The molecule has 0 fully saturated rings. The fourth-order valence-electron chi connectivity index (χ4n) is 0.408. The van der Waals surface area contributed by atoms with Gasteiger partial charge >= 0.3 is 16.8 Å². The molecule has 0 aliphatic heterocycles. The van der Waals surface area contributed by atoms with Crippen molar-refractivity contribution in [1.82, 2.24) is 0 Å². The smallest absolute Gasteiger partial charge is 0.550 e. The minimum absolute atomic E-state index is 0. The fourth-order valence-corrected chi connectivity index (χ4v) is 0.408. The number of nitrogens with two attached hydrogens (primary N) is 4. The maximum absolute atomic E-state index is 9.49. The van der Waals surface area contributed by atoms with E-state index in [4.69, 9.17) is 41.6 Å². The van der Waals surface area contributed by atoms with E-state index in [0.717, 1.165) is 0 Å². The second-order valence-corrected chi connectivity index (χ2v) is 4.53. The molecule has 0 saturated carbocycles. The third kappa shape index (κ3) is 214. The predicted molar refractivity (Wildman–Crippen MR) is 76.0 cm³/mol. The van der Waals surface area contributed by atoms with E-state index in [-0.39, 0.29) is 29.6 Å². The minimum Gasteiger partial charge on any atom is -0.550 e. The zero-order valence-electron chi connectivity index (χ0n) is 14.9. The number of halogens is 1. The molecule has 0 aromatic heterocycles. The van der Waals surface area contributed by atoms with Crippen LogP contribution in [-0.2, 0) is 26.4 Å². The quantitative estimate of drug-likeness (QED) is 0.292. The first-order valence-corrected chi connectivity index (χ1v) is 8.42. The third-order valence-corrected chi connectivity index (χ3v) is 1.24. The van der Waals surface area contributed by atoms with Gasteiger partial charge in [-0.05, 0) is 12.8 Å². The molecule has 26 heavy (non-hydrogen) atoms. The van der Waals surface area contributed by atoms with Crippen molar-refractivity contribution in [1.29, 1.82) is 0 Å². The average molecular weight is 453 g/mol. The number of hydrogen-bond acceptors (Lipinski definition) is 12. The zero-order chi connectivity index (χ0) is 21.3. The van der Waals surface area contributed by atoms with Gasteiger partial charge in [0.25, 0.3) is 0 Å². The van der Waals surface area contributed by atoms with E-state index < -0.39 is 22.2 Å². The molecule has 8 N–H and O–H groups in total. The molecule has 0 saturated heterocycles. The van der Waals surface area contributed by atoms with Gasteiger partial charge < -0.3 is 42.7 Å². The number of carbonyl (C=O) groups excluding carboxylic acids is 2. The molecule has 0 radical (unpaired) electrons. The van der Waals surface area contributed by atoms with E-state index in [1.54, 1.807) is 13.8 Å². The van der Waals surface area contributed by atoms with E-state index in [1.165, 1.54) is 0 Å². The first-order chi connectivity index (χ1) is 11.4. The maximum atomic E-state index is 9.49. The number of carboxylic acid groups (broad SMARTS) is 2. The van der Waals surface area contributed by atoms with E-state index in [9.17, 15) is 19.8 Å². The van der Waals surface area contributed by atoms with Crippen molar-refractivity contribution in [2.45, 2.75) is 39.5 Å². The zero-order valence-corrected chi connectivity index (χ0v) is 16.7. The van der Waals surface area contributed by atoms with E-state index in [2.05, 4.69) is 0 Å². The van der Waals surface area contributed by atoms with Crippen LogP contribution < -0.4 is 51.8 Å². The van der Waals surface area contributed by atoms with Crippen molar-refractivity contribution < 1.29 is 65.5 Å². The van der Waals surface area contributed by atoms with Gasteiger partial charge in [0.1, 0.15) is 0 Å². The van der Waals surface area contributed by atoms with E-state index in [1.807, 2.05) is 0 Å². The number of rotatable bonds is 6. The van der Waals surface area contributed by atoms with Gasteiger partial charge in [-0.25, -0.2) is 18.6 Å². The summed E-state index contributed by atoms with van der Waals surface area (Å²) in [5.74, 6) is -1.92. The maximum Gasteiger partial charge on any atom is 3.00 e. The largest absolute Gasteiger partial charge is 3.00 e. The normalized spacial score (nSPS) is 8.38. The summed E-state index contributed by atoms with van der Waals surface area (Å²) >= 11 is 0. The molecule has 0 unspecified atom stereocenters. The van der Waals surface area contributed by atoms with Gasteiger partial charge in [0.05, 0.1) is 0 Å².